The second-order valence-electron chi connectivity index (χ2n) is 19.1. The fraction of sp³-hybridized carbons (Fsp3) is 0.612. The number of carbonyl (C=O) groups excluding carboxylic acids is 9. The first-order valence-corrected chi connectivity index (χ1v) is 24.8. The van der Waals surface area contributed by atoms with E-state index in [4.69, 9.17) is 45.9 Å². The molecule has 9 N–H and O–H groups in total. The summed E-state index contributed by atoms with van der Waals surface area (Å²) in [6.45, 7) is 9.15. The molecule has 0 aromatic heterocycles. The summed E-state index contributed by atoms with van der Waals surface area (Å²) < 4.78 is 34.5. The average molecular weight is 1090 g/mol. The maximum Gasteiger partial charge on any atom is 0.409 e. The Bertz CT molecular complexity index is 2390. The van der Waals surface area contributed by atoms with Gasteiger partial charge < -0.3 is 69.9 Å². The van der Waals surface area contributed by atoms with Crippen molar-refractivity contribution < 1.29 is 81.5 Å². The highest BCUT2D eigenvalue weighted by atomic mass is 35.5. The van der Waals surface area contributed by atoms with Gasteiger partial charge in [0.1, 0.15) is 78.7 Å². The second-order valence-corrected chi connectivity index (χ2v) is 19.5. The molecule has 422 valence electrons. The minimum Gasteiger partial charge on any atom is -0.495 e. The summed E-state index contributed by atoms with van der Waals surface area (Å²) in [6.07, 6.45) is -0.0342. The van der Waals surface area contributed by atoms with E-state index in [1.54, 1.807) is 38.1 Å². The van der Waals surface area contributed by atoms with Gasteiger partial charge in [-0.05, 0) is 65.7 Å². The van der Waals surface area contributed by atoms with Gasteiger partial charge in [0.2, 0.25) is 41.4 Å². The van der Waals surface area contributed by atoms with Gasteiger partial charge in [-0.2, -0.15) is 0 Å². The predicted octanol–water partition coefficient (Wildman–Crippen LogP) is -0.832. The number of ether oxygens (including phenoxy) is 6. The Morgan fingerprint density at radius 3 is 2.21 bits per heavy atom. The number of epoxide rings is 1. The number of likely N-dealkylation sites (N-methyl/N-ethyl adjacent to an activating group) is 1. The molecule has 26 nitrogen and oxygen atoms in total. The van der Waals surface area contributed by atoms with Crippen LogP contribution < -0.4 is 47.4 Å². The van der Waals surface area contributed by atoms with Crippen molar-refractivity contribution in [1.29, 1.82) is 0 Å². The van der Waals surface area contributed by atoms with E-state index in [-0.39, 0.29) is 31.1 Å². The molecule has 0 saturated carbocycles. The van der Waals surface area contributed by atoms with Gasteiger partial charge in [0.15, 0.2) is 5.72 Å². The number of rotatable bonds is 20. The van der Waals surface area contributed by atoms with E-state index in [1.807, 2.05) is 13.0 Å². The van der Waals surface area contributed by atoms with E-state index in [9.17, 15) is 48.3 Å². The van der Waals surface area contributed by atoms with Crippen LogP contribution in [0.2, 0.25) is 5.02 Å². The number of nitrogens with zero attached hydrogens (tertiary/aromatic N) is 2. The molecule has 1 aromatic rings. The van der Waals surface area contributed by atoms with Crippen LogP contribution in [0.25, 0.3) is 0 Å². The third-order valence-electron chi connectivity index (χ3n) is 13.2. The van der Waals surface area contributed by atoms with Crippen molar-refractivity contribution >= 4 is 70.7 Å². The zero-order chi connectivity index (χ0) is 56.8. The van der Waals surface area contributed by atoms with Crippen LogP contribution in [0.1, 0.15) is 66.9 Å². The maximum atomic E-state index is 14.3. The molecule has 2 saturated heterocycles. The lowest BCUT2D eigenvalue weighted by Gasteiger charge is -2.42. The molecular formula is C49H72ClN9O17. The largest absolute Gasteiger partial charge is 0.495 e. The van der Waals surface area contributed by atoms with Crippen molar-refractivity contribution in [3.8, 4) is 5.75 Å². The van der Waals surface area contributed by atoms with Crippen LogP contribution in [-0.2, 0) is 73.3 Å². The lowest BCUT2D eigenvalue weighted by Crippen LogP contribution is -2.63. The molecule has 0 aliphatic carbocycles. The molecule has 8 amide bonds. The Morgan fingerprint density at radius 1 is 0.947 bits per heavy atom. The fourth-order valence-corrected chi connectivity index (χ4v) is 8.69. The van der Waals surface area contributed by atoms with Gasteiger partial charge in [0, 0.05) is 46.6 Å². The summed E-state index contributed by atoms with van der Waals surface area (Å²) in [5, 5.41) is 26.7. The second kappa shape index (κ2) is 27.6. The van der Waals surface area contributed by atoms with Crippen molar-refractivity contribution in [2.45, 2.75) is 128 Å². The smallest absolute Gasteiger partial charge is 0.409 e. The number of esters is 1. The molecule has 11 atom stereocenters. The summed E-state index contributed by atoms with van der Waals surface area (Å²) in [6, 6.07) is -1.12. The number of carbonyl (C=O) groups is 9. The Kier molecular flexibility index (Phi) is 22.5. The molecule has 3 heterocycles. The molecule has 3 aliphatic heterocycles. The number of amides is 8. The average Bonchev–Trinajstić information content (AvgIpc) is 4.06. The third kappa shape index (κ3) is 16.5. The standard InChI is InChI=1S/C49H72ClN9O17/c1-25-13-12-14-35(71-11)49(69)21-34(74-47(68)57-49)26(2)42-48(7,76-42)36(20-39(62)59(9)32-18-31(17-25)19-33(70-10)41(32)50)75-46(67)30(6)58(8)40(63)24-72-22-38(61)54-28(4)44(65)56-29(5)45(66)55-27(3)43(64)53-16-15-52-37(60)23-73-51/h12-14,18-19,26-30,34-36,42,69H,15-17,20-24,51H2,1-11H3,(H,52,60)(H,53,64)(H,54,61)(H,55,66)(H,56,65)(H,57,68). The lowest BCUT2D eigenvalue weighted by atomic mass is 9.83. The van der Waals surface area contributed by atoms with E-state index in [0.717, 1.165) is 16.0 Å². The van der Waals surface area contributed by atoms with Crippen molar-refractivity contribution in [2.24, 2.45) is 11.8 Å². The number of hydrogen-bond donors (Lipinski definition) is 8. The van der Waals surface area contributed by atoms with Crippen molar-refractivity contribution in [2.75, 3.05) is 66.1 Å². The number of anilines is 1. The van der Waals surface area contributed by atoms with Crippen LogP contribution >= 0.6 is 11.6 Å². The molecule has 1 aromatic carbocycles. The summed E-state index contributed by atoms with van der Waals surface area (Å²) in [7, 11) is 5.64. The maximum absolute atomic E-state index is 14.3. The van der Waals surface area contributed by atoms with Crippen LogP contribution in [0.3, 0.4) is 0 Å². The number of nitrogens with one attached hydrogen (secondary N) is 6. The zero-order valence-electron chi connectivity index (χ0n) is 44.6. The van der Waals surface area contributed by atoms with Crippen LogP contribution in [0.4, 0.5) is 10.5 Å². The van der Waals surface area contributed by atoms with Crippen LogP contribution in [0.5, 0.6) is 5.75 Å². The third-order valence-corrected chi connectivity index (χ3v) is 13.6. The first kappa shape index (κ1) is 62.1. The molecule has 0 radical (unpaired) electrons. The molecule has 76 heavy (non-hydrogen) atoms. The Hall–Kier alpha value is -6.42. The van der Waals surface area contributed by atoms with Gasteiger partial charge in [-0.25, -0.2) is 15.5 Å². The topological polar surface area (TPSA) is 346 Å². The van der Waals surface area contributed by atoms with Crippen LogP contribution in [-0.4, -0.2) is 185 Å². The summed E-state index contributed by atoms with van der Waals surface area (Å²) in [5.41, 5.74) is -1.37. The summed E-state index contributed by atoms with van der Waals surface area (Å²) in [5.74, 6) is -1.03. The van der Waals surface area contributed by atoms with Gasteiger partial charge in [0.05, 0.1) is 25.3 Å². The predicted molar refractivity (Wildman–Crippen MR) is 271 cm³/mol. The van der Waals surface area contributed by atoms with Crippen molar-refractivity contribution in [3.63, 3.8) is 0 Å². The van der Waals surface area contributed by atoms with E-state index in [0.29, 0.717) is 17.9 Å². The number of halogens is 1. The van der Waals surface area contributed by atoms with Gasteiger partial charge >= 0.3 is 12.1 Å². The van der Waals surface area contributed by atoms with Gasteiger partial charge in [0.25, 0.3) is 0 Å². The number of benzene rings is 1. The van der Waals surface area contributed by atoms with Crippen molar-refractivity contribution in [3.05, 3.63) is 46.5 Å². The van der Waals surface area contributed by atoms with Crippen molar-refractivity contribution in [1.82, 2.24) is 36.8 Å². The number of nitrogens with two attached hydrogens (primary N) is 1. The van der Waals surface area contributed by atoms with Gasteiger partial charge in [-0.1, -0.05) is 42.3 Å². The highest BCUT2D eigenvalue weighted by Crippen LogP contribution is 2.49. The number of hydrogen-bond acceptors (Lipinski definition) is 18. The van der Waals surface area contributed by atoms with E-state index in [2.05, 4.69) is 36.7 Å². The molecule has 2 fully saturated rings. The highest BCUT2D eigenvalue weighted by molar-refractivity contribution is 6.35. The van der Waals surface area contributed by atoms with E-state index >= 15 is 0 Å². The van der Waals surface area contributed by atoms with Crippen LogP contribution in [0.15, 0.2) is 35.9 Å². The summed E-state index contributed by atoms with van der Waals surface area (Å²) in [4.78, 5) is 123. The van der Waals surface area contributed by atoms with Gasteiger partial charge in [-0.15, -0.1) is 0 Å². The fourth-order valence-electron chi connectivity index (χ4n) is 8.38. The quantitative estimate of drug-likeness (QED) is 0.0342. The molecule has 0 spiro atoms. The van der Waals surface area contributed by atoms with E-state index in [1.165, 1.54) is 60.9 Å². The Balaban J connectivity index is 1.40. The zero-order valence-corrected chi connectivity index (χ0v) is 45.3. The minimum absolute atomic E-state index is 0.0520. The number of allylic oxidation sites excluding steroid dienone is 3. The first-order chi connectivity index (χ1) is 35.7. The Morgan fingerprint density at radius 2 is 1.58 bits per heavy atom. The van der Waals surface area contributed by atoms with Gasteiger partial charge in [-0.3, -0.25) is 43.7 Å². The molecule has 4 rings (SSSR count). The van der Waals surface area contributed by atoms with Crippen LogP contribution in [0, 0.1) is 5.92 Å². The number of aliphatic hydroxyl groups is 1. The molecule has 4 bridgehead atoms. The molecular weight excluding hydrogens is 1020 g/mol. The molecule has 11 unspecified atom stereocenters. The van der Waals surface area contributed by atoms with E-state index < -0.39 is 139 Å². The normalized spacial score (nSPS) is 25.1. The lowest BCUT2D eigenvalue weighted by molar-refractivity contribution is -0.163. The molecule has 27 heteroatoms. The minimum atomic E-state index is -1.91. The number of methoxy groups -OCH3 is 2. The SMILES string of the molecule is COc1cc2cc(c1Cl)N(C)C(=O)CC(OC(=O)C(C)N(C)C(=O)COCC(=O)NC(C)C(=O)NC(C)C(=O)NC(C)C(=O)NCCNC(=O)CON)C1(C)OC1C(C)C1CC(O)(NC(=O)O1)C(OC)C=CC=C(C)C2. The first-order valence-electron chi connectivity index (χ1n) is 24.4. The molecule has 3 aliphatic rings. The number of alkyl carbamates (subject to hydrolysis) is 1. The highest BCUT2D eigenvalue weighted by Gasteiger charge is 2.64. The number of fused-ring (bicyclic) bond motifs is 5. The summed E-state index contributed by atoms with van der Waals surface area (Å²) >= 11 is 6.79. The monoisotopic (exact) mass is 1090 g/mol. The Labute approximate surface area is 445 Å².